The summed E-state index contributed by atoms with van der Waals surface area (Å²) in [5.74, 6) is -4.32. The maximum absolute atomic E-state index is 14.0. The zero-order valence-corrected chi connectivity index (χ0v) is 29.8. The summed E-state index contributed by atoms with van der Waals surface area (Å²) in [6, 6.07) is -3.76. The first-order chi connectivity index (χ1) is 23.2. The van der Waals surface area contributed by atoms with Crippen LogP contribution in [0.2, 0.25) is 0 Å². The predicted octanol–water partition coefficient (Wildman–Crippen LogP) is 2.36. The molecule has 1 aliphatic heterocycles. The molecule has 0 spiro atoms. The minimum atomic E-state index is -1.16. The number of primary amides is 1. The van der Waals surface area contributed by atoms with Crippen LogP contribution in [0.1, 0.15) is 124 Å². The molecular formula is C35H58N6O8. The third-order valence-corrected chi connectivity index (χ3v) is 9.75. The Morgan fingerprint density at radius 3 is 1.94 bits per heavy atom. The minimum absolute atomic E-state index is 0.0748. The highest BCUT2D eigenvalue weighted by atomic mass is 16.6. The van der Waals surface area contributed by atoms with Gasteiger partial charge in [-0.3, -0.25) is 28.8 Å². The van der Waals surface area contributed by atoms with Crippen LogP contribution in [0.4, 0.5) is 4.79 Å². The summed E-state index contributed by atoms with van der Waals surface area (Å²) in [6.07, 6.45) is 10.6. The number of carbonyl (C=O) groups is 7. The van der Waals surface area contributed by atoms with Crippen molar-refractivity contribution in [3.63, 3.8) is 0 Å². The number of nitrogens with zero attached hydrogens (tertiary/aromatic N) is 1. The van der Waals surface area contributed by atoms with Crippen molar-refractivity contribution >= 4 is 41.4 Å². The van der Waals surface area contributed by atoms with E-state index in [1.54, 1.807) is 20.8 Å². The van der Waals surface area contributed by atoms with E-state index in [-0.39, 0.29) is 24.2 Å². The van der Waals surface area contributed by atoms with E-state index in [4.69, 9.17) is 10.5 Å². The van der Waals surface area contributed by atoms with E-state index in [0.29, 0.717) is 32.2 Å². The van der Waals surface area contributed by atoms with E-state index >= 15 is 0 Å². The Bertz CT molecular complexity index is 1190. The molecule has 1 saturated heterocycles. The summed E-state index contributed by atoms with van der Waals surface area (Å²) in [7, 11) is 0. The average molecular weight is 691 g/mol. The van der Waals surface area contributed by atoms with Crippen LogP contribution in [-0.2, 0) is 33.5 Å². The van der Waals surface area contributed by atoms with Gasteiger partial charge < -0.3 is 36.6 Å². The summed E-state index contributed by atoms with van der Waals surface area (Å²) >= 11 is 0. The van der Waals surface area contributed by atoms with E-state index in [1.807, 2.05) is 6.92 Å². The Labute approximate surface area is 290 Å². The first kappa shape index (κ1) is 39.7. The molecule has 6 N–H and O–H groups in total. The van der Waals surface area contributed by atoms with Crippen LogP contribution in [0.3, 0.4) is 0 Å². The van der Waals surface area contributed by atoms with Gasteiger partial charge in [0.1, 0.15) is 23.7 Å². The third kappa shape index (κ3) is 12.3. The number of unbranched alkanes of at least 4 members (excludes halogenated alkanes) is 1. The smallest absolute Gasteiger partial charge is 0.408 e. The number of Topliss-reactive ketones (excluding diaryl/α,β-unsaturated/α-hetero) is 1. The van der Waals surface area contributed by atoms with Crippen LogP contribution in [0, 0.1) is 11.8 Å². The monoisotopic (exact) mass is 690 g/mol. The second-order valence-electron chi connectivity index (χ2n) is 14.8. The van der Waals surface area contributed by atoms with Crippen molar-refractivity contribution in [3.8, 4) is 0 Å². The van der Waals surface area contributed by atoms with Crippen molar-refractivity contribution in [2.45, 2.75) is 154 Å². The Hall–Kier alpha value is -3.71. The molecule has 4 unspecified atom stereocenters. The van der Waals surface area contributed by atoms with Gasteiger partial charge in [0.2, 0.25) is 29.4 Å². The van der Waals surface area contributed by atoms with E-state index in [0.717, 1.165) is 64.2 Å². The summed E-state index contributed by atoms with van der Waals surface area (Å²) in [5, 5.41) is 10.4. The molecule has 0 radical (unpaired) electrons. The molecule has 3 fully saturated rings. The van der Waals surface area contributed by atoms with Crippen molar-refractivity contribution in [2.75, 3.05) is 13.1 Å². The normalized spacial score (nSPS) is 20.7. The Morgan fingerprint density at radius 2 is 1.39 bits per heavy atom. The van der Waals surface area contributed by atoms with Gasteiger partial charge in [0.05, 0.1) is 12.6 Å². The van der Waals surface area contributed by atoms with Crippen LogP contribution >= 0.6 is 0 Å². The Kier molecular flexibility index (Phi) is 15.3. The highest BCUT2D eigenvalue weighted by Crippen LogP contribution is 2.30. The molecule has 1 heterocycles. The number of rotatable bonds is 15. The first-order valence-electron chi connectivity index (χ1n) is 18.2. The standard InChI is InChI=1S/C35H58N6O8/c1-5-6-18-24(29(43)32(46)37-21-26(42)39-27(30(36)44)22-14-9-7-10-15-22)38-31(45)25-19-13-20-41(25)33(47)28(23-16-11-8-12-17-23)40-34(48)49-35(2,3)4/h22-25,27-28H,5-21H2,1-4H3,(H2,36,44)(H,37,46)(H,38,45)(H,39,42)(H,40,48). The molecule has 0 aromatic rings. The van der Waals surface area contributed by atoms with Crippen molar-refractivity contribution < 1.29 is 38.3 Å². The van der Waals surface area contributed by atoms with Gasteiger partial charge in [-0.15, -0.1) is 0 Å². The van der Waals surface area contributed by atoms with Crippen LogP contribution in [0.5, 0.6) is 0 Å². The number of amides is 6. The molecule has 3 rings (SSSR count). The second-order valence-corrected chi connectivity index (χ2v) is 14.8. The number of hydrogen-bond donors (Lipinski definition) is 5. The number of alkyl carbamates (subject to hydrolysis) is 1. The number of ketones is 1. The molecule has 2 saturated carbocycles. The van der Waals surface area contributed by atoms with Gasteiger partial charge in [-0.1, -0.05) is 58.3 Å². The second kappa shape index (κ2) is 18.9. The van der Waals surface area contributed by atoms with Crippen LogP contribution in [0.25, 0.3) is 0 Å². The van der Waals surface area contributed by atoms with Crippen LogP contribution in [-0.4, -0.2) is 89.2 Å². The lowest BCUT2D eigenvalue weighted by Crippen LogP contribution is -2.58. The molecule has 4 atom stereocenters. The van der Waals surface area contributed by atoms with E-state index in [2.05, 4.69) is 21.3 Å². The van der Waals surface area contributed by atoms with Crippen molar-refractivity contribution in [1.82, 2.24) is 26.2 Å². The number of nitrogens with one attached hydrogen (secondary N) is 4. The Morgan fingerprint density at radius 1 is 0.796 bits per heavy atom. The molecular weight excluding hydrogens is 632 g/mol. The van der Waals surface area contributed by atoms with Gasteiger partial charge >= 0.3 is 6.09 Å². The van der Waals surface area contributed by atoms with E-state index in [9.17, 15) is 33.6 Å². The van der Waals surface area contributed by atoms with Gasteiger partial charge in [0.25, 0.3) is 5.91 Å². The molecule has 0 aromatic heterocycles. The number of ether oxygens (including phenoxy) is 1. The summed E-state index contributed by atoms with van der Waals surface area (Å²) in [5.41, 5.74) is 4.79. The molecule has 0 bridgehead atoms. The largest absolute Gasteiger partial charge is 0.444 e. The number of nitrogens with two attached hydrogens (primary N) is 1. The zero-order valence-electron chi connectivity index (χ0n) is 29.8. The lowest BCUT2D eigenvalue weighted by molar-refractivity contribution is -0.143. The molecule has 14 heteroatoms. The predicted molar refractivity (Wildman–Crippen MR) is 182 cm³/mol. The summed E-state index contributed by atoms with van der Waals surface area (Å²) < 4.78 is 5.46. The summed E-state index contributed by atoms with van der Waals surface area (Å²) in [6.45, 7) is 6.92. The van der Waals surface area contributed by atoms with Gasteiger partial charge in [0, 0.05) is 6.54 Å². The SMILES string of the molecule is CCCCC(NC(=O)C1CCCN1C(=O)C(NC(=O)OC(C)(C)C)C1CCCCC1)C(=O)C(=O)NCC(=O)NC(C(N)=O)C1CCCCC1. The van der Waals surface area contributed by atoms with Gasteiger partial charge in [-0.05, 0) is 77.6 Å². The zero-order chi connectivity index (χ0) is 36.1. The third-order valence-electron chi connectivity index (χ3n) is 9.75. The first-order valence-corrected chi connectivity index (χ1v) is 18.2. The van der Waals surface area contributed by atoms with Gasteiger partial charge in [-0.25, -0.2) is 4.79 Å². The number of likely N-dealkylation sites (tertiary alicyclic amines) is 1. The fourth-order valence-electron chi connectivity index (χ4n) is 7.23. The average Bonchev–Trinajstić information content (AvgIpc) is 3.56. The topological polar surface area (TPSA) is 206 Å². The number of carbonyl (C=O) groups excluding carboxylic acids is 7. The molecule has 2 aliphatic carbocycles. The van der Waals surface area contributed by atoms with Crippen LogP contribution in [0.15, 0.2) is 0 Å². The fourth-order valence-corrected chi connectivity index (χ4v) is 7.23. The highest BCUT2D eigenvalue weighted by molar-refractivity contribution is 6.38. The molecule has 14 nitrogen and oxygen atoms in total. The molecule has 6 amide bonds. The summed E-state index contributed by atoms with van der Waals surface area (Å²) in [4.78, 5) is 92.8. The lowest BCUT2D eigenvalue weighted by Gasteiger charge is -2.35. The quantitative estimate of drug-likeness (QED) is 0.161. The van der Waals surface area contributed by atoms with Crippen LogP contribution < -0.4 is 27.0 Å². The molecule has 3 aliphatic rings. The van der Waals surface area contributed by atoms with E-state index in [1.165, 1.54) is 4.90 Å². The van der Waals surface area contributed by atoms with Gasteiger partial charge in [-0.2, -0.15) is 0 Å². The van der Waals surface area contributed by atoms with Gasteiger partial charge in [0.15, 0.2) is 0 Å². The minimum Gasteiger partial charge on any atom is -0.444 e. The maximum Gasteiger partial charge on any atom is 0.408 e. The van der Waals surface area contributed by atoms with Crippen molar-refractivity contribution in [3.05, 3.63) is 0 Å². The molecule has 276 valence electrons. The number of hydrogen-bond acceptors (Lipinski definition) is 8. The maximum atomic E-state index is 14.0. The van der Waals surface area contributed by atoms with Crippen molar-refractivity contribution in [1.29, 1.82) is 0 Å². The Balaban J connectivity index is 1.65. The highest BCUT2D eigenvalue weighted by Gasteiger charge is 2.42. The lowest BCUT2D eigenvalue weighted by atomic mass is 9.83. The van der Waals surface area contributed by atoms with E-state index < -0.39 is 71.8 Å². The fraction of sp³-hybridized carbons (Fsp3) is 0.800. The molecule has 0 aromatic carbocycles. The van der Waals surface area contributed by atoms with Crippen molar-refractivity contribution in [2.24, 2.45) is 17.6 Å². The molecule has 49 heavy (non-hydrogen) atoms.